The van der Waals surface area contributed by atoms with E-state index in [4.69, 9.17) is 4.42 Å². The minimum atomic E-state index is -0.133. The van der Waals surface area contributed by atoms with Crippen LogP contribution in [0.2, 0.25) is 0 Å². The Bertz CT molecular complexity index is 870. The zero-order valence-corrected chi connectivity index (χ0v) is 13.9. The van der Waals surface area contributed by atoms with Gasteiger partial charge in [0.25, 0.3) is 5.91 Å². The standard InChI is InChI=1S/C19H20N4O2/c24-19(20-12-15-5-4-10-25-15)14-6-7-17-16(11-14)18(22-13-21-17)23-8-2-1-3-9-23/h4-7,10-11,13H,1-3,8-9,12H2,(H,20,24). The molecule has 1 aliphatic heterocycles. The number of aromatic nitrogens is 2. The molecule has 1 fully saturated rings. The van der Waals surface area contributed by atoms with Gasteiger partial charge >= 0.3 is 0 Å². The predicted molar refractivity (Wildman–Crippen MR) is 95.5 cm³/mol. The van der Waals surface area contributed by atoms with E-state index in [2.05, 4.69) is 20.2 Å². The van der Waals surface area contributed by atoms with E-state index in [1.807, 2.05) is 18.2 Å². The highest BCUT2D eigenvalue weighted by Crippen LogP contribution is 2.26. The lowest BCUT2D eigenvalue weighted by molar-refractivity contribution is 0.0948. The molecule has 1 N–H and O–H groups in total. The van der Waals surface area contributed by atoms with Gasteiger partial charge < -0.3 is 14.6 Å². The van der Waals surface area contributed by atoms with Crippen LogP contribution in [0.4, 0.5) is 5.82 Å². The third-order valence-electron chi connectivity index (χ3n) is 4.54. The van der Waals surface area contributed by atoms with E-state index < -0.39 is 0 Å². The summed E-state index contributed by atoms with van der Waals surface area (Å²) in [5, 5.41) is 3.80. The number of hydrogen-bond acceptors (Lipinski definition) is 5. The first-order valence-electron chi connectivity index (χ1n) is 8.61. The molecule has 6 heteroatoms. The summed E-state index contributed by atoms with van der Waals surface area (Å²) < 4.78 is 5.25. The van der Waals surface area contributed by atoms with Crippen LogP contribution in [0.15, 0.2) is 47.3 Å². The SMILES string of the molecule is O=C(NCc1ccco1)c1ccc2ncnc(N3CCCCC3)c2c1. The van der Waals surface area contributed by atoms with Crippen molar-refractivity contribution in [2.45, 2.75) is 25.8 Å². The quantitative estimate of drug-likeness (QED) is 0.792. The molecule has 0 saturated carbocycles. The van der Waals surface area contributed by atoms with Crippen molar-refractivity contribution in [2.24, 2.45) is 0 Å². The summed E-state index contributed by atoms with van der Waals surface area (Å²) in [5.74, 6) is 1.52. The van der Waals surface area contributed by atoms with Crippen molar-refractivity contribution in [3.05, 3.63) is 54.2 Å². The highest BCUT2D eigenvalue weighted by Gasteiger charge is 2.16. The Morgan fingerprint density at radius 2 is 2.04 bits per heavy atom. The van der Waals surface area contributed by atoms with E-state index in [9.17, 15) is 4.79 Å². The van der Waals surface area contributed by atoms with Gasteiger partial charge in [-0.15, -0.1) is 0 Å². The Morgan fingerprint density at radius 1 is 1.16 bits per heavy atom. The molecule has 0 spiro atoms. The van der Waals surface area contributed by atoms with Gasteiger partial charge in [-0.3, -0.25) is 4.79 Å². The van der Waals surface area contributed by atoms with Gasteiger partial charge in [0.2, 0.25) is 0 Å². The smallest absolute Gasteiger partial charge is 0.251 e. The first-order chi connectivity index (χ1) is 12.3. The molecule has 0 unspecified atom stereocenters. The van der Waals surface area contributed by atoms with E-state index in [0.29, 0.717) is 12.1 Å². The number of furan rings is 1. The van der Waals surface area contributed by atoms with E-state index in [1.165, 1.54) is 19.3 Å². The lowest BCUT2D eigenvalue weighted by Crippen LogP contribution is -2.30. The lowest BCUT2D eigenvalue weighted by Gasteiger charge is -2.28. The number of benzene rings is 1. The number of fused-ring (bicyclic) bond motifs is 1. The Balaban J connectivity index is 1.60. The van der Waals surface area contributed by atoms with E-state index >= 15 is 0 Å². The molecule has 0 aliphatic carbocycles. The molecule has 6 nitrogen and oxygen atoms in total. The summed E-state index contributed by atoms with van der Waals surface area (Å²) in [4.78, 5) is 23.6. The highest BCUT2D eigenvalue weighted by atomic mass is 16.3. The fourth-order valence-electron chi connectivity index (χ4n) is 3.22. The van der Waals surface area contributed by atoms with E-state index in [0.717, 1.165) is 35.6 Å². The molecule has 1 aliphatic rings. The van der Waals surface area contributed by atoms with Gasteiger partial charge in [-0.25, -0.2) is 9.97 Å². The predicted octanol–water partition coefficient (Wildman–Crippen LogP) is 3.14. The van der Waals surface area contributed by atoms with Crippen molar-refractivity contribution in [1.82, 2.24) is 15.3 Å². The van der Waals surface area contributed by atoms with E-state index in [-0.39, 0.29) is 5.91 Å². The average Bonchev–Trinajstić information content (AvgIpc) is 3.19. The molecule has 25 heavy (non-hydrogen) atoms. The minimum absolute atomic E-state index is 0.133. The zero-order valence-electron chi connectivity index (χ0n) is 13.9. The molecule has 3 aromatic rings. The molecular weight excluding hydrogens is 316 g/mol. The fourth-order valence-corrected chi connectivity index (χ4v) is 3.22. The van der Waals surface area contributed by atoms with Gasteiger partial charge in [0.15, 0.2) is 0 Å². The number of carbonyl (C=O) groups excluding carboxylic acids is 1. The number of carbonyl (C=O) groups is 1. The largest absolute Gasteiger partial charge is 0.467 e. The summed E-state index contributed by atoms with van der Waals surface area (Å²) in [6, 6.07) is 9.21. The third kappa shape index (κ3) is 3.33. The van der Waals surface area contributed by atoms with Gasteiger partial charge in [0, 0.05) is 24.0 Å². The van der Waals surface area contributed by atoms with Gasteiger partial charge in [-0.2, -0.15) is 0 Å². The van der Waals surface area contributed by atoms with Crippen LogP contribution in [-0.4, -0.2) is 29.0 Å². The monoisotopic (exact) mass is 336 g/mol. The summed E-state index contributed by atoms with van der Waals surface area (Å²) in [7, 11) is 0. The van der Waals surface area contributed by atoms with Crippen molar-refractivity contribution in [3.8, 4) is 0 Å². The average molecular weight is 336 g/mol. The summed E-state index contributed by atoms with van der Waals surface area (Å²) in [6.07, 6.45) is 6.81. The molecule has 0 atom stereocenters. The molecule has 1 aromatic carbocycles. The van der Waals surface area contributed by atoms with Crippen LogP contribution in [0, 0.1) is 0 Å². The minimum Gasteiger partial charge on any atom is -0.467 e. The Labute approximate surface area is 145 Å². The third-order valence-corrected chi connectivity index (χ3v) is 4.54. The van der Waals surface area contributed by atoms with E-state index in [1.54, 1.807) is 24.7 Å². The van der Waals surface area contributed by atoms with Crippen LogP contribution >= 0.6 is 0 Å². The van der Waals surface area contributed by atoms with Crippen molar-refractivity contribution in [2.75, 3.05) is 18.0 Å². The number of nitrogens with one attached hydrogen (secondary N) is 1. The number of nitrogens with zero attached hydrogens (tertiary/aromatic N) is 3. The summed E-state index contributed by atoms with van der Waals surface area (Å²) in [5.41, 5.74) is 1.46. The second-order valence-corrected chi connectivity index (χ2v) is 6.24. The maximum Gasteiger partial charge on any atom is 0.251 e. The second kappa shape index (κ2) is 6.93. The van der Waals surface area contributed by atoms with Gasteiger partial charge in [0.05, 0.1) is 18.3 Å². The Kier molecular flexibility index (Phi) is 4.33. The van der Waals surface area contributed by atoms with Gasteiger partial charge in [-0.1, -0.05) is 0 Å². The second-order valence-electron chi connectivity index (χ2n) is 6.24. The molecule has 128 valence electrons. The molecule has 0 radical (unpaired) electrons. The van der Waals surface area contributed by atoms with Crippen LogP contribution < -0.4 is 10.2 Å². The summed E-state index contributed by atoms with van der Waals surface area (Å²) in [6.45, 7) is 2.37. The van der Waals surface area contributed by atoms with Crippen LogP contribution in [0.5, 0.6) is 0 Å². The Hall–Kier alpha value is -2.89. The lowest BCUT2D eigenvalue weighted by atomic mass is 10.1. The summed E-state index contributed by atoms with van der Waals surface area (Å²) >= 11 is 0. The van der Waals surface area contributed by atoms with Crippen molar-refractivity contribution < 1.29 is 9.21 Å². The van der Waals surface area contributed by atoms with Crippen molar-refractivity contribution in [1.29, 1.82) is 0 Å². The highest BCUT2D eigenvalue weighted by molar-refractivity contribution is 6.00. The van der Waals surface area contributed by atoms with Crippen molar-refractivity contribution in [3.63, 3.8) is 0 Å². The normalized spacial score (nSPS) is 14.6. The zero-order chi connectivity index (χ0) is 17.1. The van der Waals surface area contributed by atoms with Gasteiger partial charge in [0.1, 0.15) is 17.9 Å². The molecule has 2 aromatic heterocycles. The first-order valence-corrected chi connectivity index (χ1v) is 8.61. The fraction of sp³-hybridized carbons (Fsp3) is 0.316. The van der Waals surface area contributed by atoms with Gasteiger partial charge in [-0.05, 0) is 49.6 Å². The number of amides is 1. The molecular formula is C19H20N4O2. The number of piperidine rings is 1. The Morgan fingerprint density at radius 3 is 2.84 bits per heavy atom. The topological polar surface area (TPSA) is 71.3 Å². The number of hydrogen-bond donors (Lipinski definition) is 1. The first kappa shape index (κ1) is 15.6. The van der Waals surface area contributed by atoms with Crippen LogP contribution in [-0.2, 0) is 6.54 Å². The maximum absolute atomic E-state index is 12.5. The van der Waals surface area contributed by atoms with Crippen molar-refractivity contribution >= 4 is 22.6 Å². The molecule has 1 saturated heterocycles. The molecule has 1 amide bonds. The van der Waals surface area contributed by atoms with Crippen LogP contribution in [0.25, 0.3) is 10.9 Å². The number of anilines is 1. The number of rotatable bonds is 4. The van der Waals surface area contributed by atoms with Crippen LogP contribution in [0.1, 0.15) is 35.4 Å². The molecule has 4 rings (SSSR count). The van der Waals surface area contributed by atoms with Crippen LogP contribution in [0.3, 0.4) is 0 Å². The molecule has 0 bridgehead atoms. The molecule has 3 heterocycles. The maximum atomic E-state index is 12.5.